The topological polar surface area (TPSA) is 91.7 Å². The number of nitrogens with zero attached hydrogens (tertiary/aromatic N) is 1. The van der Waals surface area contributed by atoms with Crippen molar-refractivity contribution in [2.24, 2.45) is 5.41 Å². The SMILES string of the molecule is CC(C)(C)CCNC(=O)CN1C(=O)NC(C)(c2ccco2)C1=O. The second kappa shape index (κ2) is 6.06. The van der Waals surface area contributed by atoms with Gasteiger partial charge in [0, 0.05) is 6.54 Å². The van der Waals surface area contributed by atoms with E-state index < -0.39 is 17.5 Å². The Balaban J connectivity index is 1.97. The lowest BCUT2D eigenvalue weighted by molar-refractivity contribution is -0.135. The number of hydrogen-bond donors (Lipinski definition) is 2. The molecule has 0 aromatic carbocycles. The molecule has 4 amide bonds. The monoisotopic (exact) mass is 321 g/mol. The molecule has 1 aromatic rings. The predicted octanol–water partition coefficient (Wildman–Crippen LogP) is 1.60. The summed E-state index contributed by atoms with van der Waals surface area (Å²) in [4.78, 5) is 37.4. The summed E-state index contributed by atoms with van der Waals surface area (Å²) in [6.07, 6.45) is 2.24. The molecule has 0 aliphatic carbocycles. The summed E-state index contributed by atoms with van der Waals surface area (Å²) in [7, 11) is 0. The summed E-state index contributed by atoms with van der Waals surface area (Å²) < 4.78 is 5.23. The third kappa shape index (κ3) is 3.72. The van der Waals surface area contributed by atoms with E-state index in [1.54, 1.807) is 19.1 Å². The summed E-state index contributed by atoms with van der Waals surface area (Å²) in [5.41, 5.74) is -1.17. The van der Waals surface area contributed by atoms with Crippen LogP contribution in [0.25, 0.3) is 0 Å². The van der Waals surface area contributed by atoms with Crippen molar-refractivity contribution in [2.75, 3.05) is 13.1 Å². The summed E-state index contributed by atoms with van der Waals surface area (Å²) >= 11 is 0. The molecule has 0 spiro atoms. The Hall–Kier alpha value is -2.31. The second-order valence-electron chi connectivity index (χ2n) is 7.08. The van der Waals surface area contributed by atoms with Gasteiger partial charge in [0.15, 0.2) is 5.54 Å². The number of amides is 4. The van der Waals surface area contributed by atoms with Crippen molar-refractivity contribution in [1.29, 1.82) is 0 Å². The van der Waals surface area contributed by atoms with E-state index in [1.165, 1.54) is 6.26 Å². The fraction of sp³-hybridized carbons (Fsp3) is 0.562. The van der Waals surface area contributed by atoms with Crippen molar-refractivity contribution in [1.82, 2.24) is 15.5 Å². The van der Waals surface area contributed by atoms with Gasteiger partial charge in [-0.2, -0.15) is 0 Å². The Morgan fingerprint density at radius 1 is 1.39 bits per heavy atom. The van der Waals surface area contributed by atoms with Crippen LogP contribution in [0.1, 0.15) is 39.9 Å². The lowest BCUT2D eigenvalue weighted by Gasteiger charge is -2.20. The number of rotatable bonds is 5. The van der Waals surface area contributed by atoms with Gasteiger partial charge in [-0.3, -0.25) is 14.5 Å². The van der Waals surface area contributed by atoms with Crippen molar-refractivity contribution in [3.8, 4) is 0 Å². The van der Waals surface area contributed by atoms with Crippen molar-refractivity contribution >= 4 is 17.8 Å². The minimum atomic E-state index is -1.27. The zero-order chi connectivity index (χ0) is 17.3. The highest BCUT2D eigenvalue weighted by Crippen LogP contribution is 2.28. The normalized spacial score (nSPS) is 21.5. The van der Waals surface area contributed by atoms with Gasteiger partial charge in [0.25, 0.3) is 5.91 Å². The number of furan rings is 1. The highest BCUT2D eigenvalue weighted by Gasteiger charge is 2.51. The molecule has 126 valence electrons. The Morgan fingerprint density at radius 3 is 2.65 bits per heavy atom. The van der Waals surface area contributed by atoms with Gasteiger partial charge >= 0.3 is 6.03 Å². The van der Waals surface area contributed by atoms with Crippen LogP contribution >= 0.6 is 0 Å². The van der Waals surface area contributed by atoms with Crippen molar-refractivity contribution < 1.29 is 18.8 Å². The smallest absolute Gasteiger partial charge is 0.325 e. The maximum Gasteiger partial charge on any atom is 0.325 e. The average Bonchev–Trinajstić information content (AvgIpc) is 3.02. The molecular formula is C16H23N3O4. The molecule has 2 rings (SSSR count). The number of nitrogens with one attached hydrogen (secondary N) is 2. The Morgan fingerprint density at radius 2 is 2.09 bits per heavy atom. The lowest BCUT2D eigenvalue weighted by atomic mass is 9.92. The van der Waals surface area contributed by atoms with E-state index in [4.69, 9.17) is 4.42 Å². The van der Waals surface area contributed by atoms with Gasteiger partial charge < -0.3 is 15.1 Å². The van der Waals surface area contributed by atoms with E-state index in [0.717, 1.165) is 11.3 Å². The number of imide groups is 1. The highest BCUT2D eigenvalue weighted by molar-refractivity contribution is 6.08. The van der Waals surface area contributed by atoms with Crippen molar-refractivity contribution in [3.63, 3.8) is 0 Å². The van der Waals surface area contributed by atoms with Crippen LogP contribution in [-0.2, 0) is 15.1 Å². The molecule has 1 atom stereocenters. The first-order valence-corrected chi connectivity index (χ1v) is 7.58. The zero-order valence-electron chi connectivity index (χ0n) is 13.9. The number of urea groups is 1. The molecule has 7 nitrogen and oxygen atoms in total. The molecular weight excluding hydrogens is 298 g/mol. The quantitative estimate of drug-likeness (QED) is 0.806. The van der Waals surface area contributed by atoms with E-state index in [0.29, 0.717) is 12.3 Å². The standard InChI is InChI=1S/C16H23N3O4/c1-15(2,3)7-8-17-12(20)10-19-13(21)16(4,18-14(19)22)11-6-5-9-23-11/h5-6,9H,7-8,10H2,1-4H3,(H,17,20)(H,18,22). The van der Waals surface area contributed by atoms with Crippen LogP contribution in [0.4, 0.5) is 4.79 Å². The second-order valence-corrected chi connectivity index (χ2v) is 7.08. The van der Waals surface area contributed by atoms with Crippen LogP contribution in [0.2, 0.25) is 0 Å². The van der Waals surface area contributed by atoms with Crippen LogP contribution in [0.5, 0.6) is 0 Å². The average molecular weight is 321 g/mol. The maximum atomic E-state index is 12.5. The van der Waals surface area contributed by atoms with Gasteiger partial charge in [-0.15, -0.1) is 0 Å². The summed E-state index contributed by atoms with van der Waals surface area (Å²) in [6, 6.07) is 2.66. The molecule has 0 saturated carbocycles. The molecule has 23 heavy (non-hydrogen) atoms. The minimum Gasteiger partial charge on any atom is -0.466 e. The van der Waals surface area contributed by atoms with Gasteiger partial charge in [0.2, 0.25) is 5.91 Å². The molecule has 7 heteroatoms. The largest absolute Gasteiger partial charge is 0.466 e. The van der Waals surface area contributed by atoms with Crippen molar-refractivity contribution in [3.05, 3.63) is 24.2 Å². The van der Waals surface area contributed by atoms with Crippen molar-refractivity contribution in [2.45, 2.75) is 39.7 Å². The number of carbonyl (C=O) groups excluding carboxylic acids is 3. The maximum absolute atomic E-state index is 12.5. The molecule has 1 aliphatic heterocycles. The van der Waals surface area contributed by atoms with Crippen LogP contribution in [0.15, 0.2) is 22.8 Å². The van der Waals surface area contributed by atoms with E-state index in [-0.39, 0.29) is 17.9 Å². The molecule has 0 radical (unpaired) electrons. The first-order chi connectivity index (χ1) is 10.6. The van der Waals surface area contributed by atoms with Gasteiger partial charge in [-0.25, -0.2) is 4.79 Å². The summed E-state index contributed by atoms with van der Waals surface area (Å²) in [5.74, 6) is -0.517. The fourth-order valence-electron chi connectivity index (χ4n) is 2.35. The minimum absolute atomic E-state index is 0.103. The first kappa shape index (κ1) is 17.1. The van der Waals surface area contributed by atoms with Gasteiger partial charge in [0.1, 0.15) is 12.3 Å². The molecule has 1 saturated heterocycles. The Kier molecular flexibility index (Phi) is 4.49. The van der Waals surface area contributed by atoms with Crippen LogP contribution in [0, 0.1) is 5.41 Å². The van der Waals surface area contributed by atoms with Crippen LogP contribution in [0.3, 0.4) is 0 Å². The van der Waals surface area contributed by atoms with Gasteiger partial charge in [-0.05, 0) is 30.9 Å². The summed E-state index contributed by atoms with van der Waals surface area (Å²) in [5, 5.41) is 5.31. The predicted molar refractivity (Wildman–Crippen MR) is 83.4 cm³/mol. The molecule has 1 fully saturated rings. The van der Waals surface area contributed by atoms with E-state index in [9.17, 15) is 14.4 Å². The molecule has 2 heterocycles. The summed E-state index contributed by atoms with van der Waals surface area (Å²) in [6.45, 7) is 7.98. The molecule has 1 aromatic heterocycles. The highest BCUT2D eigenvalue weighted by atomic mass is 16.3. The van der Waals surface area contributed by atoms with Crippen LogP contribution < -0.4 is 10.6 Å². The third-order valence-corrected chi connectivity index (χ3v) is 3.79. The first-order valence-electron chi connectivity index (χ1n) is 7.58. The van der Waals surface area contributed by atoms with E-state index in [2.05, 4.69) is 31.4 Å². The fourth-order valence-corrected chi connectivity index (χ4v) is 2.35. The van der Waals surface area contributed by atoms with E-state index >= 15 is 0 Å². The number of hydrogen-bond acceptors (Lipinski definition) is 4. The third-order valence-electron chi connectivity index (χ3n) is 3.79. The molecule has 1 unspecified atom stereocenters. The Bertz CT molecular complexity index is 603. The Labute approximate surface area is 135 Å². The zero-order valence-corrected chi connectivity index (χ0v) is 13.9. The molecule has 2 N–H and O–H groups in total. The number of carbonyl (C=O) groups is 3. The van der Waals surface area contributed by atoms with E-state index in [1.807, 2.05) is 0 Å². The van der Waals surface area contributed by atoms with Crippen LogP contribution in [-0.4, -0.2) is 35.8 Å². The molecule has 0 bridgehead atoms. The molecule has 1 aliphatic rings. The van der Waals surface area contributed by atoms with Gasteiger partial charge in [-0.1, -0.05) is 20.8 Å². The lowest BCUT2D eigenvalue weighted by Crippen LogP contribution is -2.43. The van der Waals surface area contributed by atoms with Gasteiger partial charge in [0.05, 0.1) is 6.26 Å².